The molecule has 2 aromatic carbocycles. The minimum absolute atomic E-state index is 0.0974. The molecule has 0 bridgehead atoms. The van der Waals surface area contributed by atoms with Gasteiger partial charge in [0, 0.05) is 19.1 Å². The van der Waals surface area contributed by atoms with Crippen molar-refractivity contribution in [3.05, 3.63) is 59.7 Å². The lowest BCUT2D eigenvalue weighted by Crippen LogP contribution is -2.62. The smallest absolute Gasteiger partial charge is 0.408 e. The molecule has 8 nitrogen and oxygen atoms in total. The summed E-state index contributed by atoms with van der Waals surface area (Å²) in [5.41, 5.74) is 2.90. The van der Waals surface area contributed by atoms with E-state index in [1.165, 1.54) is 18.9 Å². The van der Waals surface area contributed by atoms with Crippen molar-refractivity contribution in [3.63, 3.8) is 0 Å². The average Bonchev–Trinajstić information content (AvgIpc) is 3.09. The highest BCUT2D eigenvalue weighted by Crippen LogP contribution is 2.44. The first-order valence-electron chi connectivity index (χ1n) is 10.8. The monoisotopic (exact) mass is 454 g/mol. The molecule has 8 heteroatoms. The van der Waals surface area contributed by atoms with Crippen LogP contribution in [-0.4, -0.2) is 66.4 Å². The van der Waals surface area contributed by atoms with Crippen molar-refractivity contribution in [3.8, 4) is 11.1 Å². The second-order valence-electron chi connectivity index (χ2n) is 8.64. The number of carboxylic acid groups (broad SMARTS) is 1. The van der Waals surface area contributed by atoms with E-state index in [9.17, 15) is 19.5 Å². The van der Waals surface area contributed by atoms with Crippen molar-refractivity contribution in [1.29, 1.82) is 0 Å². The number of carboxylic acids is 1. The Labute approximate surface area is 193 Å². The summed E-state index contributed by atoms with van der Waals surface area (Å²) >= 11 is 0. The number of benzene rings is 2. The average molecular weight is 455 g/mol. The van der Waals surface area contributed by atoms with Crippen LogP contribution in [0.1, 0.15) is 37.8 Å². The first kappa shape index (κ1) is 24.3. The van der Waals surface area contributed by atoms with Crippen LogP contribution in [0.15, 0.2) is 48.5 Å². The highest BCUT2D eigenvalue weighted by Gasteiger charge is 2.41. The molecule has 1 atom stereocenters. The van der Waals surface area contributed by atoms with E-state index >= 15 is 0 Å². The SMILES string of the molecule is COCC(C)(NC(=O)OCC1c2ccccc2-c2ccccc21)C(=O)N(CC(=O)O)C(C)C. The van der Waals surface area contributed by atoms with E-state index < -0.39 is 30.1 Å². The van der Waals surface area contributed by atoms with Crippen LogP contribution < -0.4 is 5.32 Å². The zero-order chi connectivity index (χ0) is 24.2. The molecule has 0 spiro atoms. The van der Waals surface area contributed by atoms with Gasteiger partial charge in [0.2, 0.25) is 0 Å². The summed E-state index contributed by atoms with van der Waals surface area (Å²) in [6.45, 7) is 4.39. The van der Waals surface area contributed by atoms with Gasteiger partial charge in [-0.25, -0.2) is 4.79 Å². The fraction of sp³-hybridized carbons (Fsp3) is 0.400. The molecule has 0 saturated heterocycles. The number of hydrogen-bond acceptors (Lipinski definition) is 5. The number of amides is 2. The number of nitrogens with zero attached hydrogens (tertiary/aromatic N) is 1. The largest absolute Gasteiger partial charge is 0.480 e. The topological polar surface area (TPSA) is 105 Å². The zero-order valence-corrected chi connectivity index (χ0v) is 19.3. The van der Waals surface area contributed by atoms with Crippen LogP contribution in [0.25, 0.3) is 11.1 Å². The standard InChI is InChI=1S/C25H30N2O6/c1-16(2)27(13-22(28)29)23(30)25(3,15-32-4)26-24(31)33-14-21-19-11-7-5-9-17(19)18-10-6-8-12-20(18)21/h5-12,16,21H,13-15H2,1-4H3,(H,26,31)(H,28,29). The Bertz CT molecular complexity index is 992. The fourth-order valence-corrected chi connectivity index (χ4v) is 4.25. The van der Waals surface area contributed by atoms with Crippen LogP contribution in [0.5, 0.6) is 0 Å². The summed E-state index contributed by atoms with van der Waals surface area (Å²) in [6, 6.07) is 15.6. The quantitative estimate of drug-likeness (QED) is 0.603. The van der Waals surface area contributed by atoms with Crippen molar-refractivity contribution in [2.75, 3.05) is 26.9 Å². The van der Waals surface area contributed by atoms with E-state index in [1.54, 1.807) is 13.8 Å². The molecule has 33 heavy (non-hydrogen) atoms. The van der Waals surface area contributed by atoms with Crippen molar-refractivity contribution < 1.29 is 29.0 Å². The third kappa shape index (κ3) is 5.17. The van der Waals surface area contributed by atoms with Crippen LogP contribution in [0.3, 0.4) is 0 Å². The van der Waals surface area contributed by atoms with Gasteiger partial charge in [0.25, 0.3) is 5.91 Å². The maximum atomic E-state index is 13.2. The maximum absolute atomic E-state index is 13.2. The van der Waals surface area contributed by atoms with E-state index in [2.05, 4.69) is 5.32 Å². The van der Waals surface area contributed by atoms with Gasteiger partial charge in [0.1, 0.15) is 18.7 Å². The Morgan fingerprint density at radius 1 is 1.06 bits per heavy atom. The number of alkyl carbamates (subject to hydrolysis) is 1. The van der Waals surface area contributed by atoms with Crippen LogP contribution in [0.4, 0.5) is 4.79 Å². The minimum Gasteiger partial charge on any atom is -0.480 e. The van der Waals surface area contributed by atoms with Crippen LogP contribution in [0, 0.1) is 0 Å². The van der Waals surface area contributed by atoms with Crippen LogP contribution in [-0.2, 0) is 19.1 Å². The Hall–Kier alpha value is -3.39. The molecule has 2 amide bonds. The number of carbonyl (C=O) groups excluding carboxylic acids is 2. The number of aliphatic carboxylic acids is 1. The Morgan fingerprint density at radius 3 is 2.09 bits per heavy atom. The second kappa shape index (κ2) is 10.0. The lowest BCUT2D eigenvalue weighted by atomic mass is 9.98. The molecule has 2 aromatic rings. The van der Waals surface area contributed by atoms with Crippen molar-refractivity contribution in [2.24, 2.45) is 0 Å². The molecule has 0 fully saturated rings. The van der Waals surface area contributed by atoms with Gasteiger partial charge in [-0.15, -0.1) is 0 Å². The van der Waals surface area contributed by atoms with Gasteiger partial charge >= 0.3 is 12.1 Å². The Morgan fingerprint density at radius 2 is 1.61 bits per heavy atom. The second-order valence-corrected chi connectivity index (χ2v) is 8.64. The fourth-order valence-electron chi connectivity index (χ4n) is 4.25. The summed E-state index contributed by atoms with van der Waals surface area (Å²) < 4.78 is 10.7. The summed E-state index contributed by atoms with van der Waals surface area (Å²) in [5, 5.41) is 11.8. The number of fused-ring (bicyclic) bond motifs is 3. The van der Waals surface area contributed by atoms with E-state index in [4.69, 9.17) is 9.47 Å². The minimum atomic E-state index is -1.49. The number of carbonyl (C=O) groups is 3. The van der Waals surface area contributed by atoms with Gasteiger partial charge in [0.05, 0.1) is 6.61 Å². The summed E-state index contributed by atoms with van der Waals surface area (Å²) in [4.78, 5) is 38.3. The summed E-state index contributed by atoms with van der Waals surface area (Å²) in [6.07, 6.45) is -0.774. The number of methoxy groups -OCH3 is 1. The molecule has 0 aromatic heterocycles. The highest BCUT2D eigenvalue weighted by atomic mass is 16.5. The number of ether oxygens (including phenoxy) is 2. The molecule has 0 radical (unpaired) electrons. The molecule has 176 valence electrons. The van der Waals surface area contributed by atoms with Gasteiger partial charge in [0.15, 0.2) is 0 Å². The lowest BCUT2D eigenvalue weighted by Gasteiger charge is -2.35. The lowest BCUT2D eigenvalue weighted by molar-refractivity contribution is -0.150. The molecule has 0 aliphatic heterocycles. The van der Waals surface area contributed by atoms with Gasteiger partial charge in [-0.3, -0.25) is 9.59 Å². The summed E-state index contributed by atoms with van der Waals surface area (Å²) in [5.74, 6) is -1.82. The third-order valence-corrected chi connectivity index (χ3v) is 5.82. The first-order valence-corrected chi connectivity index (χ1v) is 10.8. The number of rotatable bonds is 9. The molecule has 1 aliphatic carbocycles. The van der Waals surface area contributed by atoms with Gasteiger partial charge in [-0.05, 0) is 43.0 Å². The van der Waals surface area contributed by atoms with E-state index in [1.807, 2.05) is 48.5 Å². The molecular formula is C25H30N2O6. The van der Waals surface area contributed by atoms with E-state index in [-0.39, 0.29) is 25.2 Å². The zero-order valence-electron chi connectivity index (χ0n) is 19.3. The van der Waals surface area contributed by atoms with Crippen molar-refractivity contribution in [1.82, 2.24) is 10.2 Å². The highest BCUT2D eigenvalue weighted by molar-refractivity contribution is 5.92. The Balaban J connectivity index is 1.74. The maximum Gasteiger partial charge on any atom is 0.408 e. The molecule has 0 saturated carbocycles. The predicted octanol–water partition coefficient (Wildman–Crippen LogP) is 3.25. The van der Waals surface area contributed by atoms with Gasteiger partial charge in [-0.2, -0.15) is 0 Å². The summed E-state index contributed by atoms with van der Waals surface area (Å²) in [7, 11) is 1.40. The van der Waals surface area contributed by atoms with Crippen LogP contribution in [0.2, 0.25) is 0 Å². The van der Waals surface area contributed by atoms with Crippen molar-refractivity contribution >= 4 is 18.0 Å². The Kier molecular flexibility index (Phi) is 7.38. The van der Waals surface area contributed by atoms with Crippen LogP contribution >= 0.6 is 0 Å². The van der Waals surface area contributed by atoms with E-state index in [0.29, 0.717) is 0 Å². The van der Waals surface area contributed by atoms with Gasteiger partial charge in [-0.1, -0.05) is 48.5 Å². The molecular weight excluding hydrogens is 424 g/mol. The first-order chi connectivity index (χ1) is 15.7. The predicted molar refractivity (Wildman–Crippen MR) is 123 cm³/mol. The molecule has 1 unspecified atom stereocenters. The van der Waals surface area contributed by atoms with E-state index in [0.717, 1.165) is 22.3 Å². The molecule has 2 N–H and O–H groups in total. The molecule has 3 rings (SSSR count). The molecule has 1 aliphatic rings. The van der Waals surface area contributed by atoms with Gasteiger partial charge < -0.3 is 24.8 Å². The third-order valence-electron chi connectivity index (χ3n) is 5.82. The van der Waals surface area contributed by atoms with Crippen molar-refractivity contribution in [2.45, 2.75) is 38.3 Å². The normalized spacial score (nSPS) is 14.2. The molecule has 0 heterocycles. The number of nitrogens with one attached hydrogen (secondary N) is 1. The number of hydrogen-bond donors (Lipinski definition) is 2.